The minimum atomic E-state index is 0.556. The number of aromatic nitrogens is 1. The van der Waals surface area contributed by atoms with E-state index in [0.29, 0.717) is 6.04 Å². The van der Waals surface area contributed by atoms with E-state index in [1.807, 2.05) is 33.9 Å². The summed E-state index contributed by atoms with van der Waals surface area (Å²) >= 11 is 0. The van der Waals surface area contributed by atoms with Crippen molar-refractivity contribution < 1.29 is 0 Å². The molecule has 0 spiro atoms. The third-order valence-electron chi connectivity index (χ3n) is 3.78. The second-order valence-corrected chi connectivity index (χ2v) is 5.54. The van der Waals surface area contributed by atoms with E-state index in [1.165, 1.54) is 12.0 Å². The Morgan fingerprint density at radius 3 is 2.45 bits per heavy atom. The highest BCUT2D eigenvalue weighted by molar-refractivity contribution is 5.40. The van der Waals surface area contributed by atoms with E-state index in [4.69, 9.17) is 0 Å². The van der Waals surface area contributed by atoms with Gasteiger partial charge < -0.3 is 10.2 Å². The van der Waals surface area contributed by atoms with Gasteiger partial charge in [-0.3, -0.25) is 0 Å². The Hall–Kier alpha value is -1.09. The van der Waals surface area contributed by atoms with Crippen LogP contribution in [0, 0.1) is 5.92 Å². The molecule has 1 unspecified atom stereocenters. The van der Waals surface area contributed by atoms with Crippen LogP contribution in [-0.4, -0.2) is 30.7 Å². The zero-order valence-electron chi connectivity index (χ0n) is 15.8. The summed E-state index contributed by atoms with van der Waals surface area (Å²) in [5.41, 5.74) is 1.36. The molecule has 1 N–H and O–H groups in total. The monoisotopic (exact) mass is 307 g/mol. The number of nitrogens with zero attached hydrogens (tertiary/aromatic N) is 2. The second kappa shape index (κ2) is 12.5. The first kappa shape index (κ1) is 20.9. The van der Waals surface area contributed by atoms with Crippen LogP contribution in [0.15, 0.2) is 18.3 Å². The van der Waals surface area contributed by atoms with Crippen LogP contribution < -0.4 is 10.2 Å². The summed E-state index contributed by atoms with van der Waals surface area (Å²) in [4.78, 5) is 6.99. The lowest BCUT2D eigenvalue weighted by Crippen LogP contribution is -2.49. The molecule has 0 aromatic carbocycles. The third-order valence-corrected chi connectivity index (χ3v) is 3.78. The van der Waals surface area contributed by atoms with Gasteiger partial charge in [-0.15, -0.1) is 0 Å². The molecular weight excluding hydrogens is 270 g/mol. The minimum absolute atomic E-state index is 0.556. The standard InChI is InChI=1S/C15H25N3.2C2H6/c1-4-12(2)9-14-5-6-15(17-10-14)18-8-7-16-13(3)11-18;2*1-2/h5-6,10,12-13,16H,4,7-9,11H2,1-3H3;2*1-2H3/t12?,13-;;/m1../s1. The Bertz CT molecular complexity index is 361. The Morgan fingerprint density at radius 1 is 1.27 bits per heavy atom. The molecule has 22 heavy (non-hydrogen) atoms. The fraction of sp³-hybridized carbons (Fsp3) is 0.737. The SMILES string of the molecule is CC.CC.CCC(C)Cc1ccc(N2CCN[C@H](C)C2)nc1. The van der Waals surface area contributed by atoms with Gasteiger partial charge in [-0.1, -0.05) is 54.0 Å². The molecule has 1 aromatic heterocycles. The zero-order valence-corrected chi connectivity index (χ0v) is 15.8. The van der Waals surface area contributed by atoms with E-state index < -0.39 is 0 Å². The van der Waals surface area contributed by atoms with Gasteiger partial charge in [0.15, 0.2) is 0 Å². The van der Waals surface area contributed by atoms with Gasteiger partial charge in [-0.2, -0.15) is 0 Å². The summed E-state index contributed by atoms with van der Waals surface area (Å²) in [6.45, 7) is 17.9. The molecule has 2 atom stereocenters. The Labute approximate surface area is 138 Å². The van der Waals surface area contributed by atoms with E-state index in [1.54, 1.807) is 0 Å². The summed E-state index contributed by atoms with van der Waals surface area (Å²) in [7, 11) is 0. The topological polar surface area (TPSA) is 28.2 Å². The first-order chi connectivity index (χ1) is 10.7. The van der Waals surface area contributed by atoms with Gasteiger partial charge in [0.2, 0.25) is 0 Å². The summed E-state index contributed by atoms with van der Waals surface area (Å²) in [5.74, 6) is 1.87. The molecule has 128 valence electrons. The molecule has 0 saturated carbocycles. The summed E-state index contributed by atoms with van der Waals surface area (Å²) in [6.07, 6.45) is 4.42. The third kappa shape index (κ3) is 7.26. The van der Waals surface area contributed by atoms with Gasteiger partial charge in [-0.25, -0.2) is 4.98 Å². The molecule has 3 heteroatoms. The Kier molecular flexibility index (Phi) is 11.8. The molecule has 2 heterocycles. The van der Waals surface area contributed by atoms with Crippen molar-refractivity contribution in [1.82, 2.24) is 10.3 Å². The molecular formula is C19H37N3. The van der Waals surface area contributed by atoms with Crippen molar-refractivity contribution in [3.8, 4) is 0 Å². The van der Waals surface area contributed by atoms with Crippen molar-refractivity contribution in [2.75, 3.05) is 24.5 Å². The van der Waals surface area contributed by atoms with Crippen molar-refractivity contribution in [1.29, 1.82) is 0 Å². The number of pyridine rings is 1. The van der Waals surface area contributed by atoms with Crippen LogP contribution in [-0.2, 0) is 6.42 Å². The largest absolute Gasteiger partial charge is 0.354 e. The summed E-state index contributed by atoms with van der Waals surface area (Å²) in [5, 5.41) is 3.46. The maximum Gasteiger partial charge on any atom is 0.128 e. The van der Waals surface area contributed by atoms with Crippen LogP contribution in [0.3, 0.4) is 0 Å². The van der Waals surface area contributed by atoms with Crippen molar-refractivity contribution in [2.24, 2.45) is 5.92 Å². The molecule has 1 saturated heterocycles. The smallest absolute Gasteiger partial charge is 0.128 e. The first-order valence-corrected chi connectivity index (χ1v) is 9.12. The average molecular weight is 308 g/mol. The summed E-state index contributed by atoms with van der Waals surface area (Å²) in [6, 6.07) is 4.97. The van der Waals surface area contributed by atoms with Crippen LogP contribution in [0.1, 0.15) is 60.5 Å². The number of nitrogens with one attached hydrogen (secondary N) is 1. The van der Waals surface area contributed by atoms with Crippen LogP contribution in [0.5, 0.6) is 0 Å². The number of hydrogen-bond donors (Lipinski definition) is 1. The van der Waals surface area contributed by atoms with E-state index >= 15 is 0 Å². The zero-order chi connectivity index (χ0) is 17.0. The van der Waals surface area contributed by atoms with E-state index in [9.17, 15) is 0 Å². The molecule has 1 aromatic rings. The molecule has 2 rings (SSSR count). The molecule has 0 radical (unpaired) electrons. The number of piperazine rings is 1. The molecule has 0 amide bonds. The van der Waals surface area contributed by atoms with E-state index in [2.05, 4.69) is 48.1 Å². The van der Waals surface area contributed by atoms with Gasteiger partial charge in [0.05, 0.1) is 0 Å². The fourth-order valence-electron chi connectivity index (χ4n) is 2.41. The van der Waals surface area contributed by atoms with Crippen LogP contribution in [0.25, 0.3) is 0 Å². The Balaban J connectivity index is 0.00000102. The summed E-state index contributed by atoms with van der Waals surface area (Å²) < 4.78 is 0. The van der Waals surface area contributed by atoms with Crippen LogP contribution in [0.4, 0.5) is 5.82 Å². The maximum absolute atomic E-state index is 4.62. The number of anilines is 1. The molecule has 0 bridgehead atoms. The highest BCUT2D eigenvalue weighted by Crippen LogP contribution is 2.16. The van der Waals surface area contributed by atoms with Gasteiger partial charge in [-0.05, 0) is 30.9 Å². The van der Waals surface area contributed by atoms with Crippen molar-refractivity contribution in [2.45, 2.75) is 67.3 Å². The minimum Gasteiger partial charge on any atom is -0.354 e. The lowest BCUT2D eigenvalue weighted by Gasteiger charge is -2.32. The Morgan fingerprint density at radius 2 is 1.95 bits per heavy atom. The van der Waals surface area contributed by atoms with Gasteiger partial charge in [0.1, 0.15) is 5.82 Å². The molecule has 1 aliphatic heterocycles. The van der Waals surface area contributed by atoms with Crippen molar-refractivity contribution >= 4 is 5.82 Å². The van der Waals surface area contributed by atoms with E-state index in [0.717, 1.165) is 37.8 Å². The highest BCUT2D eigenvalue weighted by atomic mass is 15.2. The van der Waals surface area contributed by atoms with Gasteiger partial charge in [0, 0.05) is 31.9 Å². The second-order valence-electron chi connectivity index (χ2n) is 5.54. The number of rotatable bonds is 4. The molecule has 1 aliphatic rings. The lowest BCUT2D eigenvalue weighted by molar-refractivity contribution is 0.482. The van der Waals surface area contributed by atoms with E-state index in [-0.39, 0.29) is 0 Å². The van der Waals surface area contributed by atoms with Gasteiger partial charge >= 0.3 is 0 Å². The van der Waals surface area contributed by atoms with Crippen LogP contribution >= 0.6 is 0 Å². The fourth-order valence-corrected chi connectivity index (χ4v) is 2.41. The first-order valence-electron chi connectivity index (χ1n) is 9.12. The van der Waals surface area contributed by atoms with Gasteiger partial charge in [0.25, 0.3) is 0 Å². The average Bonchev–Trinajstić information content (AvgIpc) is 2.59. The predicted molar refractivity (Wildman–Crippen MR) is 99.8 cm³/mol. The maximum atomic E-state index is 4.62. The molecule has 0 aliphatic carbocycles. The molecule has 3 nitrogen and oxygen atoms in total. The van der Waals surface area contributed by atoms with Crippen LogP contribution in [0.2, 0.25) is 0 Å². The van der Waals surface area contributed by atoms with Crippen molar-refractivity contribution in [3.63, 3.8) is 0 Å². The lowest BCUT2D eigenvalue weighted by atomic mass is 10.0. The highest BCUT2D eigenvalue weighted by Gasteiger charge is 2.16. The number of hydrogen-bond acceptors (Lipinski definition) is 3. The quantitative estimate of drug-likeness (QED) is 0.886. The predicted octanol–water partition coefficient (Wildman–Crippen LogP) is 4.52. The molecule has 1 fully saturated rings. The normalized spacial score (nSPS) is 18.5. The van der Waals surface area contributed by atoms with Crippen molar-refractivity contribution in [3.05, 3.63) is 23.9 Å².